The number of hydrogen-bond acceptors (Lipinski definition) is 0. The molecule has 0 aromatic heterocycles. The topological polar surface area (TPSA) is 0 Å². The number of allylic oxidation sites excluding steroid dienone is 14. The van der Waals surface area contributed by atoms with Gasteiger partial charge in [-0.15, -0.1) is 0 Å². The van der Waals surface area contributed by atoms with Crippen LogP contribution in [0.4, 0.5) is 0 Å². The van der Waals surface area contributed by atoms with E-state index in [0.717, 1.165) is 8.96 Å². The lowest BCUT2D eigenvalue weighted by atomic mass is 10.1. The van der Waals surface area contributed by atoms with Crippen LogP contribution in [0.25, 0.3) is 0 Å². The Morgan fingerprint density at radius 3 is 1.62 bits per heavy atom. The van der Waals surface area contributed by atoms with E-state index >= 15 is 0 Å². The van der Waals surface area contributed by atoms with E-state index in [1.807, 2.05) is 48.6 Å². The van der Waals surface area contributed by atoms with E-state index < -0.39 is 0 Å². The standard InChI is InChI=1S/C14H10Br2/c15-12-9-5-6-10-13(16)14(12)11-7-3-1-2-4-8-11/h1-10H. The van der Waals surface area contributed by atoms with Crippen LogP contribution in [-0.4, -0.2) is 0 Å². The summed E-state index contributed by atoms with van der Waals surface area (Å²) in [6, 6.07) is 0. The van der Waals surface area contributed by atoms with Crippen molar-refractivity contribution in [3.8, 4) is 0 Å². The first-order valence-electron chi connectivity index (χ1n) is 4.95. The van der Waals surface area contributed by atoms with Crippen LogP contribution in [0.5, 0.6) is 0 Å². The van der Waals surface area contributed by atoms with Crippen molar-refractivity contribution >= 4 is 31.9 Å². The zero-order valence-electron chi connectivity index (χ0n) is 8.53. The summed E-state index contributed by atoms with van der Waals surface area (Å²) in [4.78, 5) is 0. The Labute approximate surface area is 112 Å². The Balaban J connectivity index is 2.56. The lowest BCUT2D eigenvalue weighted by Crippen LogP contribution is -1.88. The molecular weight excluding hydrogens is 328 g/mol. The van der Waals surface area contributed by atoms with Gasteiger partial charge in [-0.3, -0.25) is 0 Å². The molecule has 2 heteroatoms. The first-order valence-corrected chi connectivity index (χ1v) is 6.54. The van der Waals surface area contributed by atoms with E-state index in [2.05, 4.69) is 44.0 Å². The molecule has 0 radical (unpaired) electrons. The largest absolute Gasteiger partial charge is 0.0622 e. The second-order valence-electron chi connectivity index (χ2n) is 3.35. The highest BCUT2D eigenvalue weighted by molar-refractivity contribution is 9.12. The van der Waals surface area contributed by atoms with Crippen molar-refractivity contribution in [2.75, 3.05) is 0 Å². The van der Waals surface area contributed by atoms with E-state index in [4.69, 9.17) is 0 Å². The van der Waals surface area contributed by atoms with Gasteiger partial charge in [-0.25, -0.2) is 0 Å². The molecule has 2 aliphatic rings. The summed E-state index contributed by atoms with van der Waals surface area (Å²) in [6.07, 6.45) is 20.5. The van der Waals surface area contributed by atoms with Crippen molar-refractivity contribution in [3.63, 3.8) is 0 Å². The van der Waals surface area contributed by atoms with Crippen LogP contribution < -0.4 is 0 Å². The van der Waals surface area contributed by atoms with Crippen molar-refractivity contribution in [2.45, 2.75) is 0 Å². The minimum Gasteiger partial charge on any atom is -0.0622 e. The molecule has 0 nitrogen and oxygen atoms in total. The summed E-state index contributed by atoms with van der Waals surface area (Å²) < 4.78 is 2.16. The fraction of sp³-hybridized carbons (Fsp3) is 0. The van der Waals surface area contributed by atoms with Crippen molar-refractivity contribution in [1.82, 2.24) is 0 Å². The summed E-state index contributed by atoms with van der Waals surface area (Å²) in [5.41, 5.74) is 2.35. The van der Waals surface area contributed by atoms with Crippen LogP contribution >= 0.6 is 31.9 Å². The van der Waals surface area contributed by atoms with Gasteiger partial charge in [0.2, 0.25) is 0 Å². The Hall–Kier alpha value is -0.860. The van der Waals surface area contributed by atoms with Crippen LogP contribution in [0.2, 0.25) is 0 Å². The molecule has 0 amide bonds. The minimum absolute atomic E-state index is 1.08. The third-order valence-electron chi connectivity index (χ3n) is 2.25. The van der Waals surface area contributed by atoms with Crippen molar-refractivity contribution in [2.24, 2.45) is 0 Å². The smallest absolute Gasteiger partial charge is 0.0265 e. The number of hydrogen-bond donors (Lipinski definition) is 0. The van der Waals surface area contributed by atoms with Gasteiger partial charge in [-0.1, -0.05) is 80.5 Å². The molecule has 2 aliphatic carbocycles. The highest BCUT2D eigenvalue weighted by Gasteiger charge is 2.10. The van der Waals surface area contributed by atoms with Gasteiger partial charge < -0.3 is 0 Å². The molecule has 0 saturated carbocycles. The molecule has 2 rings (SSSR count). The van der Waals surface area contributed by atoms with E-state index in [0.29, 0.717) is 0 Å². The highest BCUT2D eigenvalue weighted by Crippen LogP contribution is 2.34. The first-order chi connectivity index (χ1) is 7.79. The lowest BCUT2D eigenvalue weighted by molar-refractivity contribution is 1.54. The predicted octanol–water partition coefficient (Wildman–Crippen LogP) is 5.09. The van der Waals surface area contributed by atoms with Gasteiger partial charge in [0.1, 0.15) is 0 Å². The molecule has 0 atom stereocenters. The summed E-state index contributed by atoms with van der Waals surface area (Å²) in [5.74, 6) is 0. The van der Waals surface area contributed by atoms with Crippen LogP contribution in [-0.2, 0) is 0 Å². The van der Waals surface area contributed by atoms with Crippen LogP contribution in [0.1, 0.15) is 0 Å². The molecule has 0 N–H and O–H groups in total. The Kier molecular flexibility index (Phi) is 3.97. The second-order valence-corrected chi connectivity index (χ2v) is 5.06. The highest BCUT2D eigenvalue weighted by atomic mass is 79.9. The number of halogens is 2. The molecule has 0 heterocycles. The fourth-order valence-electron chi connectivity index (χ4n) is 1.51. The summed E-state index contributed by atoms with van der Waals surface area (Å²) in [7, 11) is 0. The molecule has 0 fully saturated rings. The van der Waals surface area contributed by atoms with E-state index in [9.17, 15) is 0 Å². The molecule has 0 spiro atoms. The van der Waals surface area contributed by atoms with E-state index in [-0.39, 0.29) is 0 Å². The maximum absolute atomic E-state index is 3.60. The maximum Gasteiger partial charge on any atom is 0.0265 e. The Bertz CT molecular complexity index is 453. The first kappa shape index (κ1) is 11.6. The SMILES string of the molecule is BrC1=CC=CC=C(Br)C1=C1C=CC=CC=C1. The summed E-state index contributed by atoms with van der Waals surface area (Å²) >= 11 is 7.20. The van der Waals surface area contributed by atoms with Crippen LogP contribution in [0.3, 0.4) is 0 Å². The summed E-state index contributed by atoms with van der Waals surface area (Å²) in [5, 5.41) is 0. The van der Waals surface area contributed by atoms with Gasteiger partial charge >= 0.3 is 0 Å². The normalized spacial score (nSPS) is 19.4. The molecule has 16 heavy (non-hydrogen) atoms. The van der Waals surface area contributed by atoms with Crippen molar-refractivity contribution in [3.05, 3.63) is 80.9 Å². The van der Waals surface area contributed by atoms with Gasteiger partial charge in [0.05, 0.1) is 0 Å². The van der Waals surface area contributed by atoms with Crippen LogP contribution in [0.15, 0.2) is 80.9 Å². The quantitative estimate of drug-likeness (QED) is 0.577. The zero-order chi connectivity index (χ0) is 11.4. The molecule has 0 aromatic rings. The lowest BCUT2D eigenvalue weighted by Gasteiger charge is -2.07. The molecule has 0 aromatic carbocycles. The molecular formula is C14H10Br2. The molecule has 0 saturated heterocycles. The molecule has 0 bridgehead atoms. The molecule has 80 valence electrons. The van der Waals surface area contributed by atoms with Gasteiger partial charge in [0.25, 0.3) is 0 Å². The van der Waals surface area contributed by atoms with Crippen molar-refractivity contribution in [1.29, 1.82) is 0 Å². The maximum atomic E-state index is 3.60. The van der Waals surface area contributed by atoms with E-state index in [1.165, 1.54) is 11.1 Å². The third-order valence-corrected chi connectivity index (χ3v) is 3.57. The minimum atomic E-state index is 1.08. The van der Waals surface area contributed by atoms with Crippen molar-refractivity contribution < 1.29 is 0 Å². The van der Waals surface area contributed by atoms with Gasteiger partial charge in [0.15, 0.2) is 0 Å². The second kappa shape index (κ2) is 5.46. The number of rotatable bonds is 0. The average molecular weight is 338 g/mol. The predicted molar refractivity (Wildman–Crippen MR) is 77.6 cm³/mol. The van der Waals surface area contributed by atoms with Gasteiger partial charge in [0, 0.05) is 14.5 Å². The summed E-state index contributed by atoms with van der Waals surface area (Å²) in [6.45, 7) is 0. The fourth-order valence-corrected chi connectivity index (χ4v) is 2.96. The van der Waals surface area contributed by atoms with Crippen LogP contribution in [0, 0.1) is 0 Å². The third kappa shape index (κ3) is 2.63. The van der Waals surface area contributed by atoms with E-state index in [1.54, 1.807) is 0 Å². The Morgan fingerprint density at radius 2 is 1.12 bits per heavy atom. The average Bonchev–Trinajstić information content (AvgIpc) is 2.60. The zero-order valence-corrected chi connectivity index (χ0v) is 11.7. The monoisotopic (exact) mass is 336 g/mol. The van der Waals surface area contributed by atoms with Gasteiger partial charge in [-0.2, -0.15) is 0 Å². The molecule has 0 unspecified atom stereocenters. The van der Waals surface area contributed by atoms with Gasteiger partial charge in [-0.05, 0) is 17.7 Å². The Morgan fingerprint density at radius 1 is 0.625 bits per heavy atom. The molecule has 0 aliphatic heterocycles.